The molecule has 3 aliphatic heterocycles. The zero-order valence-electron chi connectivity index (χ0n) is 12.3. The van der Waals surface area contributed by atoms with E-state index in [2.05, 4.69) is 37.9 Å². The first-order chi connectivity index (χ1) is 8.38. The molecule has 3 heterocycles. The SMILES string of the molecule is CC1(C)CCC(CN2CC3CNCC3C2(C)C)O1. The maximum atomic E-state index is 6.17. The lowest BCUT2D eigenvalue weighted by molar-refractivity contribution is -0.0380. The maximum Gasteiger partial charge on any atom is 0.0710 e. The summed E-state index contributed by atoms with van der Waals surface area (Å²) in [6.45, 7) is 14.1. The average molecular weight is 252 g/mol. The number of likely N-dealkylation sites (tertiary alicyclic amines) is 1. The summed E-state index contributed by atoms with van der Waals surface area (Å²) in [5.74, 6) is 1.68. The van der Waals surface area contributed by atoms with E-state index in [0.717, 1.165) is 18.4 Å². The van der Waals surface area contributed by atoms with Gasteiger partial charge in [0.1, 0.15) is 0 Å². The van der Waals surface area contributed by atoms with Crippen molar-refractivity contribution in [2.45, 2.75) is 57.8 Å². The molecule has 0 radical (unpaired) electrons. The molecule has 3 nitrogen and oxygen atoms in total. The van der Waals surface area contributed by atoms with Crippen LogP contribution in [0.4, 0.5) is 0 Å². The van der Waals surface area contributed by atoms with Gasteiger partial charge in [-0.05, 0) is 58.9 Å². The zero-order chi connectivity index (χ0) is 13.0. The van der Waals surface area contributed by atoms with Gasteiger partial charge in [-0.1, -0.05) is 0 Å². The van der Waals surface area contributed by atoms with E-state index in [4.69, 9.17) is 4.74 Å². The monoisotopic (exact) mass is 252 g/mol. The molecular weight excluding hydrogens is 224 g/mol. The molecule has 3 heteroatoms. The largest absolute Gasteiger partial charge is 0.371 e. The van der Waals surface area contributed by atoms with Crippen LogP contribution in [-0.4, -0.2) is 48.3 Å². The van der Waals surface area contributed by atoms with E-state index in [9.17, 15) is 0 Å². The summed E-state index contributed by atoms with van der Waals surface area (Å²) in [6, 6.07) is 0. The molecule has 0 bridgehead atoms. The summed E-state index contributed by atoms with van der Waals surface area (Å²) in [6.07, 6.45) is 2.89. The quantitative estimate of drug-likeness (QED) is 0.812. The third kappa shape index (κ3) is 2.10. The molecule has 18 heavy (non-hydrogen) atoms. The predicted octanol–water partition coefficient (Wildman–Crippen LogP) is 1.87. The Bertz CT molecular complexity index is 326. The molecule has 3 unspecified atom stereocenters. The first-order valence-electron chi connectivity index (χ1n) is 7.52. The van der Waals surface area contributed by atoms with Crippen LogP contribution >= 0.6 is 0 Å². The summed E-state index contributed by atoms with van der Waals surface area (Å²) in [5.41, 5.74) is 0.441. The lowest BCUT2D eigenvalue weighted by Gasteiger charge is -2.37. The normalized spacial score (nSPS) is 42.3. The van der Waals surface area contributed by atoms with Gasteiger partial charge in [-0.2, -0.15) is 0 Å². The molecule has 0 saturated carbocycles. The Morgan fingerprint density at radius 1 is 1.22 bits per heavy atom. The van der Waals surface area contributed by atoms with Crippen LogP contribution in [-0.2, 0) is 4.74 Å². The molecular formula is C15H28N2O. The maximum absolute atomic E-state index is 6.17. The lowest BCUT2D eigenvalue weighted by Crippen LogP contribution is -2.47. The minimum atomic E-state index is 0.103. The molecule has 104 valence electrons. The zero-order valence-corrected chi connectivity index (χ0v) is 12.3. The van der Waals surface area contributed by atoms with Crippen molar-refractivity contribution in [1.82, 2.24) is 10.2 Å². The van der Waals surface area contributed by atoms with Gasteiger partial charge in [0, 0.05) is 25.2 Å². The Kier molecular flexibility index (Phi) is 3.00. The number of nitrogens with one attached hydrogen (secondary N) is 1. The van der Waals surface area contributed by atoms with Crippen molar-refractivity contribution in [2.24, 2.45) is 11.8 Å². The van der Waals surface area contributed by atoms with Gasteiger partial charge in [0.25, 0.3) is 0 Å². The summed E-state index contributed by atoms with van der Waals surface area (Å²) >= 11 is 0. The fourth-order valence-corrected chi connectivity index (χ4v) is 4.27. The molecule has 0 aromatic carbocycles. The van der Waals surface area contributed by atoms with Crippen molar-refractivity contribution < 1.29 is 4.74 Å². The average Bonchev–Trinajstić information content (AvgIpc) is 2.88. The van der Waals surface area contributed by atoms with E-state index in [-0.39, 0.29) is 5.60 Å². The Balaban J connectivity index is 1.64. The second kappa shape index (κ2) is 4.19. The van der Waals surface area contributed by atoms with Crippen molar-refractivity contribution in [3.63, 3.8) is 0 Å². The van der Waals surface area contributed by atoms with E-state index in [1.165, 1.54) is 32.5 Å². The van der Waals surface area contributed by atoms with Crippen molar-refractivity contribution in [2.75, 3.05) is 26.2 Å². The minimum Gasteiger partial charge on any atom is -0.371 e. The van der Waals surface area contributed by atoms with Crippen molar-refractivity contribution >= 4 is 0 Å². The minimum absolute atomic E-state index is 0.103. The Labute approximate surface area is 111 Å². The molecule has 3 aliphatic rings. The predicted molar refractivity (Wildman–Crippen MR) is 73.7 cm³/mol. The topological polar surface area (TPSA) is 24.5 Å². The molecule has 0 amide bonds. The molecule has 3 atom stereocenters. The number of ether oxygens (including phenoxy) is 1. The molecule has 0 aromatic rings. The third-order valence-corrected chi connectivity index (χ3v) is 5.50. The lowest BCUT2D eigenvalue weighted by atomic mass is 9.85. The van der Waals surface area contributed by atoms with E-state index >= 15 is 0 Å². The van der Waals surface area contributed by atoms with Gasteiger partial charge < -0.3 is 10.1 Å². The highest BCUT2D eigenvalue weighted by Crippen LogP contribution is 2.41. The van der Waals surface area contributed by atoms with Crippen molar-refractivity contribution in [1.29, 1.82) is 0 Å². The van der Waals surface area contributed by atoms with E-state index in [0.29, 0.717) is 11.6 Å². The van der Waals surface area contributed by atoms with Crippen molar-refractivity contribution in [3.05, 3.63) is 0 Å². The van der Waals surface area contributed by atoms with Gasteiger partial charge in [-0.3, -0.25) is 4.90 Å². The first-order valence-corrected chi connectivity index (χ1v) is 7.52. The highest BCUT2D eigenvalue weighted by Gasteiger charge is 2.50. The van der Waals surface area contributed by atoms with Gasteiger partial charge in [-0.15, -0.1) is 0 Å². The van der Waals surface area contributed by atoms with Crippen LogP contribution in [0, 0.1) is 11.8 Å². The van der Waals surface area contributed by atoms with Crippen LogP contribution in [0.1, 0.15) is 40.5 Å². The Hall–Kier alpha value is -0.120. The third-order valence-electron chi connectivity index (χ3n) is 5.50. The number of fused-ring (bicyclic) bond motifs is 1. The smallest absolute Gasteiger partial charge is 0.0710 e. The number of hydrogen-bond donors (Lipinski definition) is 1. The molecule has 3 rings (SSSR count). The van der Waals surface area contributed by atoms with Crippen LogP contribution in [0.3, 0.4) is 0 Å². The van der Waals surface area contributed by atoms with Crippen LogP contribution in [0.2, 0.25) is 0 Å². The highest BCUT2D eigenvalue weighted by molar-refractivity contribution is 5.05. The van der Waals surface area contributed by atoms with Gasteiger partial charge in [-0.25, -0.2) is 0 Å². The molecule has 3 saturated heterocycles. The second-order valence-corrected chi connectivity index (χ2v) is 7.62. The van der Waals surface area contributed by atoms with Gasteiger partial charge in [0.15, 0.2) is 0 Å². The molecule has 0 spiro atoms. The Morgan fingerprint density at radius 2 is 2.00 bits per heavy atom. The summed E-state index contributed by atoms with van der Waals surface area (Å²) in [5, 5.41) is 3.55. The van der Waals surface area contributed by atoms with E-state index < -0.39 is 0 Å². The van der Waals surface area contributed by atoms with Gasteiger partial charge >= 0.3 is 0 Å². The number of hydrogen-bond acceptors (Lipinski definition) is 3. The fourth-order valence-electron chi connectivity index (χ4n) is 4.27. The van der Waals surface area contributed by atoms with Crippen LogP contribution in [0.25, 0.3) is 0 Å². The van der Waals surface area contributed by atoms with Gasteiger partial charge in [0.05, 0.1) is 11.7 Å². The summed E-state index contributed by atoms with van der Waals surface area (Å²) in [4.78, 5) is 2.69. The molecule has 1 N–H and O–H groups in total. The first kappa shape index (κ1) is 12.9. The van der Waals surface area contributed by atoms with Crippen molar-refractivity contribution in [3.8, 4) is 0 Å². The number of nitrogens with zero attached hydrogens (tertiary/aromatic N) is 1. The summed E-state index contributed by atoms with van der Waals surface area (Å²) < 4.78 is 6.17. The highest BCUT2D eigenvalue weighted by atomic mass is 16.5. The van der Waals surface area contributed by atoms with Crippen LogP contribution in [0.15, 0.2) is 0 Å². The fraction of sp³-hybridized carbons (Fsp3) is 1.00. The van der Waals surface area contributed by atoms with Crippen LogP contribution in [0.5, 0.6) is 0 Å². The molecule has 0 aliphatic carbocycles. The van der Waals surface area contributed by atoms with E-state index in [1.54, 1.807) is 0 Å². The standard InChI is InChI=1S/C15H28N2O/c1-14(2)6-5-12(18-14)10-17-9-11-7-16-8-13(11)15(17,3)4/h11-13,16H,5-10H2,1-4H3. The Morgan fingerprint density at radius 3 is 2.61 bits per heavy atom. The summed E-state index contributed by atoms with van der Waals surface area (Å²) in [7, 11) is 0. The number of rotatable bonds is 2. The molecule has 0 aromatic heterocycles. The van der Waals surface area contributed by atoms with Gasteiger partial charge in [0.2, 0.25) is 0 Å². The van der Waals surface area contributed by atoms with Crippen LogP contribution < -0.4 is 5.32 Å². The molecule has 3 fully saturated rings. The second-order valence-electron chi connectivity index (χ2n) is 7.62. The van der Waals surface area contributed by atoms with E-state index in [1.807, 2.05) is 0 Å².